The molecule has 2 rings (SSSR count). The Labute approximate surface area is 121 Å². The monoisotopic (exact) mass is 294 g/mol. The van der Waals surface area contributed by atoms with E-state index in [1.54, 1.807) is 18.2 Å². The molecule has 1 aliphatic rings. The van der Waals surface area contributed by atoms with E-state index in [0.29, 0.717) is 24.3 Å². The maximum atomic E-state index is 12.4. The van der Waals surface area contributed by atoms with Crippen molar-refractivity contribution >= 4 is 15.6 Å². The molecule has 1 fully saturated rings. The van der Waals surface area contributed by atoms with E-state index < -0.39 is 9.84 Å². The molecule has 0 N–H and O–H groups in total. The summed E-state index contributed by atoms with van der Waals surface area (Å²) in [5.41, 5.74) is 1.47. The predicted octanol–water partition coefficient (Wildman–Crippen LogP) is 3.17. The summed E-state index contributed by atoms with van der Waals surface area (Å²) in [6.45, 7) is 3.98. The third kappa shape index (κ3) is 3.69. The highest BCUT2D eigenvalue weighted by molar-refractivity contribution is 7.92. The summed E-state index contributed by atoms with van der Waals surface area (Å²) in [7, 11) is -3.33. The number of benzene rings is 1. The number of rotatable bonds is 4. The van der Waals surface area contributed by atoms with Gasteiger partial charge in [-0.15, -0.1) is 0 Å². The number of aryl methyl sites for hydroxylation is 1. The fourth-order valence-electron chi connectivity index (χ4n) is 2.91. The van der Waals surface area contributed by atoms with E-state index in [0.717, 1.165) is 18.4 Å². The molecule has 1 aromatic carbocycles. The second kappa shape index (κ2) is 6.08. The summed E-state index contributed by atoms with van der Waals surface area (Å²) in [5.74, 6) is -0.196. The Kier molecular flexibility index (Phi) is 4.63. The highest BCUT2D eigenvalue weighted by atomic mass is 32.2. The lowest BCUT2D eigenvalue weighted by atomic mass is 9.91. The van der Waals surface area contributed by atoms with E-state index in [4.69, 9.17) is 0 Å². The summed E-state index contributed by atoms with van der Waals surface area (Å²) in [5, 5.41) is -0.333. The van der Waals surface area contributed by atoms with Crippen LogP contribution in [-0.2, 0) is 9.84 Å². The predicted molar refractivity (Wildman–Crippen MR) is 80.7 cm³/mol. The molecule has 0 heterocycles. The molecule has 0 saturated heterocycles. The van der Waals surface area contributed by atoms with Gasteiger partial charge in [0.2, 0.25) is 0 Å². The van der Waals surface area contributed by atoms with Gasteiger partial charge in [-0.1, -0.05) is 43.5 Å². The molecule has 0 aromatic heterocycles. The van der Waals surface area contributed by atoms with Crippen LogP contribution >= 0.6 is 0 Å². The standard InChI is InChI=1S/C16H22O3S/c1-12-5-3-7-14(9-12)16(17)11-20(18,19)15-8-4-6-13(2)10-15/h3,5,7,9,13,15H,4,6,8,10-11H2,1-2H3. The van der Waals surface area contributed by atoms with Crippen molar-refractivity contribution in [1.29, 1.82) is 0 Å². The van der Waals surface area contributed by atoms with Crippen molar-refractivity contribution in [3.63, 3.8) is 0 Å². The molecule has 2 unspecified atom stereocenters. The molecule has 1 aliphatic carbocycles. The van der Waals surface area contributed by atoms with Crippen LogP contribution in [0.2, 0.25) is 0 Å². The van der Waals surface area contributed by atoms with E-state index in [2.05, 4.69) is 6.92 Å². The lowest BCUT2D eigenvalue weighted by Gasteiger charge is -2.26. The van der Waals surface area contributed by atoms with Gasteiger partial charge in [-0.25, -0.2) is 8.42 Å². The van der Waals surface area contributed by atoms with Gasteiger partial charge >= 0.3 is 0 Å². The van der Waals surface area contributed by atoms with Crippen LogP contribution in [0.5, 0.6) is 0 Å². The van der Waals surface area contributed by atoms with Crippen molar-refractivity contribution in [1.82, 2.24) is 0 Å². The summed E-state index contributed by atoms with van der Waals surface area (Å²) in [6.07, 6.45) is 3.44. The third-order valence-electron chi connectivity index (χ3n) is 4.07. The Morgan fingerprint density at radius 2 is 2.05 bits per heavy atom. The maximum Gasteiger partial charge on any atom is 0.177 e. The Balaban J connectivity index is 2.10. The molecule has 2 atom stereocenters. The van der Waals surface area contributed by atoms with Crippen molar-refractivity contribution < 1.29 is 13.2 Å². The smallest absolute Gasteiger partial charge is 0.177 e. The van der Waals surface area contributed by atoms with E-state index in [1.165, 1.54) is 0 Å². The minimum atomic E-state index is -3.33. The second-order valence-electron chi connectivity index (χ2n) is 5.99. The number of Topliss-reactive ketones (excluding diaryl/α,β-unsaturated/α-hetero) is 1. The van der Waals surface area contributed by atoms with Crippen LogP contribution in [0.1, 0.15) is 48.5 Å². The van der Waals surface area contributed by atoms with Crippen molar-refractivity contribution in [2.45, 2.75) is 44.8 Å². The van der Waals surface area contributed by atoms with Crippen molar-refractivity contribution in [2.75, 3.05) is 5.75 Å². The van der Waals surface area contributed by atoms with Crippen LogP contribution in [0.3, 0.4) is 0 Å². The van der Waals surface area contributed by atoms with E-state index in [1.807, 2.05) is 13.0 Å². The van der Waals surface area contributed by atoms with E-state index in [-0.39, 0.29) is 16.8 Å². The molecular formula is C16H22O3S. The van der Waals surface area contributed by atoms with Crippen LogP contribution in [0.15, 0.2) is 24.3 Å². The second-order valence-corrected chi connectivity index (χ2v) is 8.27. The van der Waals surface area contributed by atoms with Crippen molar-refractivity contribution in [3.05, 3.63) is 35.4 Å². The quantitative estimate of drug-likeness (QED) is 0.801. The summed E-state index contributed by atoms with van der Waals surface area (Å²) in [6, 6.07) is 7.13. The van der Waals surface area contributed by atoms with Gasteiger partial charge in [0.05, 0.1) is 5.25 Å². The molecule has 4 heteroatoms. The Morgan fingerprint density at radius 1 is 1.30 bits per heavy atom. The van der Waals surface area contributed by atoms with Gasteiger partial charge in [0, 0.05) is 5.56 Å². The van der Waals surface area contributed by atoms with E-state index in [9.17, 15) is 13.2 Å². The Bertz CT molecular complexity index is 589. The highest BCUT2D eigenvalue weighted by Crippen LogP contribution is 2.29. The number of hydrogen-bond donors (Lipinski definition) is 0. The summed E-state index contributed by atoms with van der Waals surface area (Å²) in [4.78, 5) is 12.2. The molecule has 20 heavy (non-hydrogen) atoms. The number of hydrogen-bond acceptors (Lipinski definition) is 3. The zero-order chi connectivity index (χ0) is 14.8. The minimum Gasteiger partial charge on any atom is -0.293 e. The molecule has 1 aromatic rings. The summed E-state index contributed by atoms with van der Waals surface area (Å²) < 4.78 is 24.8. The average molecular weight is 294 g/mol. The van der Waals surface area contributed by atoms with Crippen LogP contribution in [0.4, 0.5) is 0 Å². The molecule has 0 aliphatic heterocycles. The SMILES string of the molecule is Cc1cccc(C(=O)CS(=O)(=O)C2CCCC(C)C2)c1. The van der Waals surface area contributed by atoms with Crippen molar-refractivity contribution in [3.8, 4) is 0 Å². The average Bonchev–Trinajstić information content (AvgIpc) is 2.38. The van der Waals surface area contributed by atoms with Gasteiger partial charge in [0.1, 0.15) is 5.75 Å². The van der Waals surface area contributed by atoms with Crippen LogP contribution in [-0.4, -0.2) is 25.2 Å². The van der Waals surface area contributed by atoms with Crippen LogP contribution in [0, 0.1) is 12.8 Å². The first-order valence-electron chi connectivity index (χ1n) is 7.20. The number of carbonyl (C=O) groups is 1. The van der Waals surface area contributed by atoms with E-state index >= 15 is 0 Å². The zero-order valence-electron chi connectivity index (χ0n) is 12.1. The molecule has 0 bridgehead atoms. The van der Waals surface area contributed by atoms with Gasteiger partial charge in [0.25, 0.3) is 0 Å². The van der Waals surface area contributed by atoms with Crippen LogP contribution < -0.4 is 0 Å². The first-order valence-corrected chi connectivity index (χ1v) is 8.91. The van der Waals surface area contributed by atoms with Gasteiger partial charge < -0.3 is 0 Å². The lowest BCUT2D eigenvalue weighted by Crippen LogP contribution is -2.32. The molecule has 1 saturated carbocycles. The molecule has 0 radical (unpaired) electrons. The molecule has 3 nitrogen and oxygen atoms in total. The molecule has 0 spiro atoms. The number of ketones is 1. The lowest BCUT2D eigenvalue weighted by molar-refractivity contribution is 0.102. The molecular weight excluding hydrogens is 272 g/mol. The van der Waals surface area contributed by atoms with Crippen LogP contribution in [0.25, 0.3) is 0 Å². The number of sulfone groups is 1. The fraction of sp³-hybridized carbons (Fsp3) is 0.562. The van der Waals surface area contributed by atoms with Gasteiger partial charge in [0.15, 0.2) is 15.6 Å². The largest absolute Gasteiger partial charge is 0.293 e. The highest BCUT2D eigenvalue weighted by Gasteiger charge is 2.31. The zero-order valence-corrected chi connectivity index (χ0v) is 12.9. The Morgan fingerprint density at radius 3 is 2.70 bits per heavy atom. The van der Waals surface area contributed by atoms with Gasteiger partial charge in [-0.2, -0.15) is 0 Å². The molecule has 110 valence electrons. The molecule has 0 amide bonds. The Hall–Kier alpha value is -1.16. The van der Waals surface area contributed by atoms with Gasteiger partial charge in [-0.3, -0.25) is 4.79 Å². The van der Waals surface area contributed by atoms with Crippen molar-refractivity contribution in [2.24, 2.45) is 5.92 Å². The van der Waals surface area contributed by atoms with Gasteiger partial charge in [-0.05, 0) is 31.7 Å². The first-order chi connectivity index (χ1) is 9.38. The normalized spacial score (nSPS) is 23.5. The topological polar surface area (TPSA) is 51.2 Å². The minimum absolute atomic E-state index is 0.285. The third-order valence-corrected chi connectivity index (χ3v) is 6.18. The first kappa shape index (κ1) is 15.2. The number of carbonyl (C=O) groups excluding carboxylic acids is 1. The maximum absolute atomic E-state index is 12.4. The summed E-state index contributed by atoms with van der Waals surface area (Å²) >= 11 is 0. The fourth-order valence-corrected chi connectivity index (χ4v) is 4.82.